The summed E-state index contributed by atoms with van der Waals surface area (Å²) in [6, 6.07) is 6.93. The normalized spacial score (nSPS) is 10.2. The Morgan fingerprint density at radius 1 is 1.45 bits per heavy atom. The summed E-state index contributed by atoms with van der Waals surface area (Å²) in [4.78, 5) is 16.3. The molecule has 20 heavy (non-hydrogen) atoms. The Morgan fingerprint density at radius 3 is 2.85 bits per heavy atom. The van der Waals surface area contributed by atoms with E-state index < -0.39 is 0 Å². The van der Waals surface area contributed by atoms with Crippen molar-refractivity contribution in [3.8, 4) is 5.75 Å². The first kappa shape index (κ1) is 14.8. The van der Waals surface area contributed by atoms with Crippen molar-refractivity contribution in [2.45, 2.75) is 6.92 Å². The number of pyridine rings is 1. The third-order valence-corrected chi connectivity index (χ3v) is 3.75. The second-order valence-electron chi connectivity index (χ2n) is 4.09. The average Bonchev–Trinajstić information content (AvgIpc) is 2.43. The van der Waals surface area contributed by atoms with Gasteiger partial charge in [-0.15, -0.1) is 0 Å². The number of amides is 1. The zero-order chi connectivity index (χ0) is 14.7. The molecule has 0 unspecified atom stereocenters. The van der Waals surface area contributed by atoms with Crippen molar-refractivity contribution < 1.29 is 9.53 Å². The summed E-state index contributed by atoms with van der Waals surface area (Å²) in [6.45, 7) is 1.86. The summed E-state index contributed by atoms with van der Waals surface area (Å²) in [7, 11) is 1.52. The first-order valence-corrected chi connectivity index (χ1v) is 6.96. The first-order valence-electron chi connectivity index (χ1n) is 5.79. The van der Waals surface area contributed by atoms with Gasteiger partial charge in [0.2, 0.25) is 0 Å². The van der Waals surface area contributed by atoms with Gasteiger partial charge in [-0.05, 0) is 46.6 Å². The number of carbonyl (C=O) groups is 1. The van der Waals surface area contributed by atoms with Crippen LogP contribution in [0.2, 0.25) is 5.02 Å². The minimum atomic E-state index is -0.322. The lowest BCUT2D eigenvalue weighted by Gasteiger charge is -2.12. The number of hydrogen-bond donors (Lipinski definition) is 1. The summed E-state index contributed by atoms with van der Waals surface area (Å²) >= 11 is 9.33. The average molecular weight is 356 g/mol. The molecule has 0 radical (unpaired) electrons. The number of aryl methyl sites for hydroxylation is 1. The van der Waals surface area contributed by atoms with Crippen LogP contribution in [0.1, 0.15) is 16.1 Å². The van der Waals surface area contributed by atoms with E-state index in [1.54, 1.807) is 30.5 Å². The Balaban J connectivity index is 2.33. The van der Waals surface area contributed by atoms with Crippen LogP contribution in [0.15, 0.2) is 34.9 Å². The van der Waals surface area contributed by atoms with Crippen LogP contribution in [-0.4, -0.2) is 18.0 Å². The predicted molar refractivity (Wildman–Crippen MR) is 82.6 cm³/mol. The van der Waals surface area contributed by atoms with E-state index in [9.17, 15) is 4.79 Å². The van der Waals surface area contributed by atoms with Crippen molar-refractivity contribution >= 4 is 39.1 Å². The van der Waals surface area contributed by atoms with Gasteiger partial charge in [0.1, 0.15) is 11.4 Å². The molecule has 0 aliphatic carbocycles. The third kappa shape index (κ3) is 3.11. The van der Waals surface area contributed by atoms with Gasteiger partial charge in [0.25, 0.3) is 5.91 Å². The van der Waals surface area contributed by atoms with Crippen molar-refractivity contribution in [3.05, 3.63) is 51.2 Å². The van der Waals surface area contributed by atoms with E-state index in [0.717, 1.165) is 5.56 Å². The molecule has 4 nitrogen and oxygen atoms in total. The van der Waals surface area contributed by atoms with Crippen molar-refractivity contribution in [2.24, 2.45) is 0 Å². The van der Waals surface area contributed by atoms with Gasteiger partial charge in [0.15, 0.2) is 0 Å². The van der Waals surface area contributed by atoms with Crippen molar-refractivity contribution in [2.75, 3.05) is 12.4 Å². The molecule has 1 N–H and O–H groups in total. The number of methoxy groups -OCH3 is 1. The monoisotopic (exact) mass is 354 g/mol. The molecule has 0 fully saturated rings. The molecular weight excluding hydrogens is 344 g/mol. The molecule has 1 aromatic heterocycles. The molecule has 2 rings (SSSR count). The molecule has 0 spiro atoms. The topological polar surface area (TPSA) is 51.2 Å². The summed E-state index contributed by atoms with van der Waals surface area (Å²) in [5, 5.41) is 3.35. The van der Waals surface area contributed by atoms with Gasteiger partial charge in [0.05, 0.1) is 12.8 Å². The SMILES string of the molecule is COc1cc(Cl)c(C)cc1NC(=O)c1ncccc1Br. The quantitative estimate of drug-likeness (QED) is 0.903. The van der Waals surface area contributed by atoms with Crippen LogP contribution in [0.3, 0.4) is 0 Å². The number of hydrogen-bond acceptors (Lipinski definition) is 3. The molecular formula is C14H12BrClN2O2. The summed E-state index contributed by atoms with van der Waals surface area (Å²) in [5.74, 6) is 0.179. The van der Waals surface area contributed by atoms with Crippen LogP contribution >= 0.6 is 27.5 Å². The number of nitrogens with one attached hydrogen (secondary N) is 1. The van der Waals surface area contributed by atoms with Crippen molar-refractivity contribution in [3.63, 3.8) is 0 Å². The van der Waals surface area contributed by atoms with Gasteiger partial charge in [-0.2, -0.15) is 0 Å². The molecule has 2 aromatic rings. The second-order valence-corrected chi connectivity index (χ2v) is 5.35. The maximum Gasteiger partial charge on any atom is 0.275 e. The lowest BCUT2D eigenvalue weighted by atomic mass is 10.2. The number of benzene rings is 1. The molecule has 0 aliphatic rings. The summed E-state index contributed by atoms with van der Waals surface area (Å²) in [5.41, 5.74) is 1.71. The van der Waals surface area contributed by atoms with Crippen LogP contribution in [0.5, 0.6) is 5.75 Å². The number of rotatable bonds is 3. The van der Waals surface area contributed by atoms with Gasteiger partial charge in [-0.3, -0.25) is 4.79 Å². The van der Waals surface area contributed by atoms with Gasteiger partial charge >= 0.3 is 0 Å². The highest BCUT2D eigenvalue weighted by Crippen LogP contribution is 2.31. The Bertz CT molecular complexity index is 662. The van der Waals surface area contributed by atoms with Gasteiger partial charge < -0.3 is 10.1 Å². The standard InChI is InChI=1S/C14H12BrClN2O2/c1-8-6-11(12(20-2)7-10(8)16)18-14(19)13-9(15)4-3-5-17-13/h3-7H,1-2H3,(H,18,19). The smallest absolute Gasteiger partial charge is 0.275 e. The first-order chi connectivity index (χ1) is 9.52. The molecule has 0 bridgehead atoms. The second kappa shape index (κ2) is 6.24. The van der Waals surface area contributed by atoms with E-state index in [0.29, 0.717) is 26.6 Å². The highest BCUT2D eigenvalue weighted by molar-refractivity contribution is 9.10. The van der Waals surface area contributed by atoms with Gasteiger partial charge in [-0.1, -0.05) is 11.6 Å². The van der Waals surface area contributed by atoms with E-state index in [-0.39, 0.29) is 5.91 Å². The van der Waals surface area contributed by atoms with Crippen molar-refractivity contribution in [1.29, 1.82) is 0 Å². The van der Waals surface area contributed by atoms with Crippen LogP contribution < -0.4 is 10.1 Å². The number of nitrogens with zero attached hydrogens (tertiary/aromatic N) is 1. The number of carbonyl (C=O) groups excluding carboxylic acids is 1. The van der Waals surface area contributed by atoms with Crippen LogP contribution in [0.25, 0.3) is 0 Å². The molecule has 6 heteroatoms. The fourth-order valence-electron chi connectivity index (χ4n) is 1.66. The van der Waals surface area contributed by atoms with Crippen LogP contribution in [-0.2, 0) is 0 Å². The third-order valence-electron chi connectivity index (χ3n) is 2.70. The Labute approximate surface area is 130 Å². The van der Waals surface area contributed by atoms with E-state index in [1.165, 1.54) is 7.11 Å². The summed E-state index contributed by atoms with van der Waals surface area (Å²) < 4.78 is 5.84. The predicted octanol–water partition coefficient (Wildman–Crippen LogP) is 4.07. The number of anilines is 1. The van der Waals surface area contributed by atoms with Crippen molar-refractivity contribution in [1.82, 2.24) is 4.98 Å². The number of aromatic nitrogens is 1. The Kier molecular flexibility index (Phi) is 4.62. The number of ether oxygens (including phenoxy) is 1. The molecule has 0 saturated heterocycles. The zero-order valence-corrected chi connectivity index (χ0v) is 13.2. The number of halogens is 2. The minimum absolute atomic E-state index is 0.308. The zero-order valence-electron chi connectivity index (χ0n) is 10.9. The lowest BCUT2D eigenvalue weighted by molar-refractivity contribution is 0.102. The van der Waals surface area contributed by atoms with E-state index in [1.807, 2.05) is 6.92 Å². The molecule has 0 saturated carbocycles. The maximum absolute atomic E-state index is 12.2. The molecule has 0 atom stereocenters. The minimum Gasteiger partial charge on any atom is -0.495 e. The van der Waals surface area contributed by atoms with Gasteiger partial charge in [0, 0.05) is 21.8 Å². The fourth-order valence-corrected chi connectivity index (χ4v) is 2.25. The fraction of sp³-hybridized carbons (Fsp3) is 0.143. The molecule has 0 aliphatic heterocycles. The lowest BCUT2D eigenvalue weighted by Crippen LogP contribution is -2.15. The molecule has 1 amide bonds. The molecule has 1 aromatic carbocycles. The molecule has 104 valence electrons. The summed E-state index contributed by atoms with van der Waals surface area (Å²) in [6.07, 6.45) is 1.56. The highest BCUT2D eigenvalue weighted by atomic mass is 79.9. The van der Waals surface area contributed by atoms with Crippen LogP contribution in [0.4, 0.5) is 5.69 Å². The van der Waals surface area contributed by atoms with E-state index in [4.69, 9.17) is 16.3 Å². The van der Waals surface area contributed by atoms with E-state index in [2.05, 4.69) is 26.2 Å². The van der Waals surface area contributed by atoms with Crippen LogP contribution in [0, 0.1) is 6.92 Å². The van der Waals surface area contributed by atoms with Gasteiger partial charge in [-0.25, -0.2) is 4.98 Å². The largest absolute Gasteiger partial charge is 0.495 e. The Morgan fingerprint density at radius 2 is 2.20 bits per heavy atom. The molecule has 1 heterocycles. The van der Waals surface area contributed by atoms with E-state index >= 15 is 0 Å². The highest BCUT2D eigenvalue weighted by Gasteiger charge is 2.14. The Hall–Kier alpha value is -1.59. The maximum atomic E-state index is 12.2.